The molecule has 0 unspecified atom stereocenters. The molecule has 1 aromatic heterocycles. The van der Waals surface area contributed by atoms with Crippen molar-refractivity contribution in [2.45, 2.75) is 25.0 Å². The van der Waals surface area contributed by atoms with E-state index in [9.17, 15) is 8.42 Å². The highest BCUT2D eigenvalue weighted by Gasteiger charge is 2.40. The highest BCUT2D eigenvalue weighted by Crippen LogP contribution is 2.23. The Bertz CT molecular complexity index is 909. The van der Waals surface area contributed by atoms with Crippen LogP contribution in [-0.2, 0) is 16.3 Å². The van der Waals surface area contributed by atoms with E-state index >= 15 is 0 Å². The summed E-state index contributed by atoms with van der Waals surface area (Å²) >= 11 is 0. The minimum Gasteiger partial charge on any atom is -0.356 e. The van der Waals surface area contributed by atoms with Gasteiger partial charge in [-0.3, -0.25) is 4.99 Å². The van der Waals surface area contributed by atoms with E-state index in [1.165, 1.54) is 0 Å². The van der Waals surface area contributed by atoms with Crippen molar-refractivity contribution in [2.24, 2.45) is 4.99 Å². The second kappa shape index (κ2) is 9.25. The summed E-state index contributed by atoms with van der Waals surface area (Å²) < 4.78 is 25.5. The number of hydrogen-bond donors (Lipinski definition) is 1. The number of para-hydroxylation sites is 1. The average molecular weight is 517 g/mol. The third kappa shape index (κ3) is 5.05. The van der Waals surface area contributed by atoms with E-state index in [2.05, 4.69) is 15.4 Å². The van der Waals surface area contributed by atoms with Gasteiger partial charge in [-0.05, 0) is 38.0 Å². The number of hydrogen-bond acceptors (Lipinski definition) is 4. The van der Waals surface area contributed by atoms with Crippen molar-refractivity contribution in [3.8, 4) is 5.69 Å². The number of aliphatic imine (C=N–C) groups is 1. The molecule has 1 aromatic carbocycles. The highest BCUT2D eigenvalue weighted by atomic mass is 127. The predicted molar refractivity (Wildman–Crippen MR) is 123 cm³/mol. The minimum absolute atomic E-state index is 0. The summed E-state index contributed by atoms with van der Waals surface area (Å²) in [5.41, 5.74) is 2.16. The summed E-state index contributed by atoms with van der Waals surface area (Å²) in [5, 5.41) is 7.76. The first-order valence-corrected chi connectivity index (χ1v) is 10.7. The molecule has 1 saturated heterocycles. The van der Waals surface area contributed by atoms with Crippen LogP contribution in [0.3, 0.4) is 0 Å². The van der Waals surface area contributed by atoms with Crippen molar-refractivity contribution in [2.75, 3.05) is 32.4 Å². The van der Waals surface area contributed by atoms with Gasteiger partial charge in [-0.2, -0.15) is 5.10 Å². The molecular weight excluding hydrogens is 489 g/mol. The van der Waals surface area contributed by atoms with Gasteiger partial charge in [0.05, 0.1) is 22.4 Å². The van der Waals surface area contributed by atoms with Crippen molar-refractivity contribution >= 4 is 39.8 Å². The molecule has 2 aromatic rings. The van der Waals surface area contributed by atoms with Gasteiger partial charge in [-0.25, -0.2) is 13.1 Å². The summed E-state index contributed by atoms with van der Waals surface area (Å²) in [6, 6.07) is 9.99. The third-order valence-corrected chi connectivity index (χ3v) is 7.44. The average Bonchev–Trinajstić information content (AvgIpc) is 3.11. The molecule has 3 rings (SSSR count). The normalized spacial score (nSPS) is 18.4. The van der Waals surface area contributed by atoms with Crippen LogP contribution in [0, 0.1) is 0 Å². The van der Waals surface area contributed by atoms with Crippen LogP contribution in [0.15, 0.2) is 47.7 Å². The molecule has 0 amide bonds. The first kappa shape index (κ1) is 22.7. The van der Waals surface area contributed by atoms with Crippen LogP contribution in [0.1, 0.15) is 19.4 Å². The summed E-state index contributed by atoms with van der Waals surface area (Å²) in [4.78, 5) is 6.35. The van der Waals surface area contributed by atoms with Crippen LogP contribution >= 0.6 is 24.0 Å². The van der Waals surface area contributed by atoms with Crippen molar-refractivity contribution in [3.05, 3.63) is 48.3 Å². The maximum Gasteiger partial charge on any atom is 0.193 e. The zero-order chi connectivity index (χ0) is 19.5. The maximum absolute atomic E-state index is 12.2. The van der Waals surface area contributed by atoms with Gasteiger partial charge in [0.15, 0.2) is 15.8 Å². The molecule has 0 spiro atoms. The number of guanidine groups is 1. The van der Waals surface area contributed by atoms with Crippen molar-refractivity contribution in [1.29, 1.82) is 0 Å². The minimum atomic E-state index is -3.06. The van der Waals surface area contributed by atoms with Crippen LogP contribution in [0.2, 0.25) is 0 Å². The van der Waals surface area contributed by atoms with E-state index in [1.54, 1.807) is 20.9 Å². The molecule has 1 aliphatic heterocycles. The zero-order valence-corrected chi connectivity index (χ0v) is 19.6. The zero-order valence-electron chi connectivity index (χ0n) is 16.5. The number of rotatable bonds is 4. The van der Waals surface area contributed by atoms with Gasteiger partial charge in [-0.15, -0.1) is 24.0 Å². The molecule has 1 aliphatic rings. The monoisotopic (exact) mass is 517 g/mol. The highest BCUT2D eigenvalue weighted by molar-refractivity contribution is 14.0. The molecule has 9 heteroatoms. The fraction of sp³-hybridized carbons (Fsp3) is 0.474. The largest absolute Gasteiger partial charge is 0.356 e. The Morgan fingerprint density at radius 2 is 2.00 bits per heavy atom. The van der Waals surface area contributed by atoms with E-state index < -0.39 is 14.6 Å². The molecule has 1 N–H and O–H groups in total. The molecule has 0 radical (unpaired) electrons. The predicted octanol–water partition coefficient (Wildman–Crippen LogP) is 2.12. The number of benzene rings is 1. The number of nitrogens with zero attached hydrogens (tertiary/aromatic N) is 4. The first-order chi connectivity index (χ1) is 12.8. The van der Waals surface area contributed by atoms with Crippen LogP contribution in [0.25, 0.3) is 5.69 Å². The van der Waals surface area contributed by atoms with Crippen LogP contribution in [0.4, 0.5) is 0 Å². The molecule has 0 atom stereocenters. The van der Waals surface area contributed by atoms with Gasteiger partial charge in [-0.1, -0.05) is 18.2 Å². The van der Waals surface area contributed by atoms with E-state index in [0.29, 0.717) is 19.6 Å². The number of nitrogens with one attached hydrogen (secondary N) is 1. The van der Waals surface area contributed by atoms with E-state index in [4.69, 9.17) is 0 Å². The van der Waals surface area contributed by atoms with Crippen molar-refractivity contribution in [1.82, 2.24) is 20.0 Å². The van der Waals surface area contributed by atoms with Crippen LogP contribution < -0.4 is 5.32 Å². The number of sulfone groups is 1. The van der Waals surface area contributed by atoms with Crippen LogP contribution in [-0.4, -0.2) is 66.2 Å². The fourth-order valence-electron chi connectivity index (χ4n) is 3.19. The fourth-order valence-corrected chi connectivity index (χ4v) is 4.55. The van der Waals surface area contributed by atoms with Crippen molar-refractivity contribution in [3.63, 3.8) is 0 Å². The summed E-state index contributed by atoms with van der Waals surface area (Å²) in [6.07, 6.45) is 4.70. The molecule has 28 heavy (non-hydrogen) atoms. The summed E-state index contributed by atoms with van der Waals surface area (Å²) in [7, 11) is -1.33. The van der Waals surface area contributed by atoms with Crippen LogP contribution in [0.5, 0.6) is 0 Å². The van der Waals surface area contributed by atoms with Gasteiger partial charge in [0.2, 0.25) is 0 Å². The van der Waals surface area contributed by atoms with Crippen molar-refractivity contribution < 1.29 is 8.42 Å². The summed E-state index contributed by atoms with van der Waals surface area (Å²) in [5.74, 6) is 0.901. The molecule has 154 valence electrons. The van der Waals surface area contributed by atoms with Gasteiger partial charge < -0.3 is 10.2 Å². The lowest BCUT2D eigenvalue weighted by molar-refractivity contribution is 0.353. The lowest BCUT2D eigenvalue weighted by atomic mass is 10.2. The van der Waals surface area contributed by atoms with Gasteiger partial charge in [0, 0.05) is 32.9 Å². The van der Waals surface area contributed by atoms with Gasteiger partial charge >= 0.3 is 0 Å². The smallest absolute Gasteiger partial charge is 0.193 e. The lowest BCUT2D eigenvalue weighted by Crippen LogP contribution is -2.57. The van der Waals surface area contributed by atoms with E-state index in [1.807, 2.05) is 52.3 Å². The molecule has 7 nitrogen and oxygen atoms in total. The molecular formula is C19H28IN5O2S. The molecule has 0 bridgehead atoms. The Kier molecular flexibility index (Phi) is 7.49. The Hall–Kier alpha value is -1.62. The lowest BCUT2D eigenvalue weighted by Gasteiger charge is -2.39. The topological polar surface area (TPSA) is 79.6 Å². The molecule has 1 fully saturated rings. The Morgan fingerprint density at radius 3 is 2.64 bits per heavy atom. The molecule has 0 saturated carbocycles. The van der Waals surface area contributed by atoms with Gasteiger partial charge in [0.25, 0.3) is 0 Å². The SMILES string of the molecule is CN=C(NCCc1cnn(-c2ccccc2)c1)N1CCS(=O)(=O)C(C)(C)C1.I. The third-order valence-electron chi connectivity index (χ3n) is 4.91. The van der Waals surface area contributed by atoms with E-state index in [0.717, 1.165) is 23.6 Å². The molecule has 2 heterocycles. The maximum atomic E-state index is 12.2. The summed E-state index contributed by atoms with van der Waals surface area (Å²) in [6.45, 7) is 5.18. The standard InChI is InChI=1S/C19H27N5O2S.HI/c1-19(2)15-23(11-12-27(19,25)26)18(20-3)21-10-9-16-13-22-24(14-16)17-7-5-4-6-8-17;/h4-8,13-14H,9-12,15H2,1-3H3,(H,20,21);1H. The molecule has 0 aliphatic carbocycles. The van der Waals surface area contributed by atoms with Gasteiger partial charge in [0.1, 0.15) is 0 Å². The quantitative estimate of drug-likeness (QED) is 0.382. The second-order valence-corrected chi connectivity index (χ2v) is 10.1. The number of halogens is 1. The number of aromatic nitrogens is 2. The second-order valence-electron chi connectivity index (χ2n) is 7.35. The Balaban J connectivity index is 0.00000280. The first-order valence-electron chi connectivity index (χ1n) is 9.09. The Morgan fingerprint density at radius 1 is 1.29 bits per heavy atom. The van der Waals surface area contributed by atoms with E-state index in [-0.39, 0.29) is 29.7 Å². The Labute approximate surface area is 184 Å².